The lowest BCUT2D eigenvalue weighted by Gasteiger charge is -1.98. The second-order valence-electron chi connectivity index (χ2n) is 3.04. The largest absolute Gasteiger partial charge is 0.382 e. The molecule has 7 heteroatoms. The molecule has 2 aromatic rings. The Hall–Kier alpha value is -1.66. The summed E-state index contributed by atoms with van der Waals surface area (Å²) in [6.45, 7) is 1.22. The first-order valence-electron chi connectivity index (χ1n) is 4.59. The molecule has 0 unspecified atom stereocenters. The maximum atomic E-state index is 5.66. The molecule has 0 amide bonds. The Balaban J connectivity index is 0.00000128. The fourth-order valence-corrected chi connectivity index (χ4v) is 1.32. The molecule has 0 aliphatic carbocycles. The van der Waals surface area contributed by atoms with Crippen molar-refractivity contribution >= 4 is 29.4 Å². The van der Waals surface area contributed by atoms with E-state index in [1.54, 1.807) is 6.33 Å². The molecule has 0 atom stereocenters. The topological polar surface area (TPSA) is 95.6 Å². The van der Waals surface area contributed by atoms with Gasteiger partial charge in [0.1, 0.15) is 11.8 Å². The van der Waals surface area contributed by atoms with Gasteiger partial charge in [-0.1, -0.05) is 12.2 Å². The van der Waals surface area contributed by atoms with Gasteiger partial charge in [0.2, 0.25) is 0 Å². The lowest BCUT2D eigenvalue weighted by atomic mass is 10.4. The van der Waals surface area contributed by atoms with E-state index in [1.807, 2.05) is 16.7 Å². The SMILES string of the molecule is Cl.NC/C=C\Cn1cnc2c(N)ncnc21. The van der Waals surface area contributed by atoms with Crippen molar-refractivity contribution in [3.63, 3.8) is 0 Å². The summed E-state index contributed by atoms with van der Waals surface area (Å²) in [7, 11) is 0. The summed E-state index contributed by atoms with van der Waals surface area (Å²) in [5.74, 6) is 0.404. The van der Waals surface area contributed by atoms with E-state index in [0.717, 1.165) is 5.65 Å². The van der Waals surface area contributed by atoms with E-state index in [2.05, 4.69) is 15.0 Å². The molecule has 4 N–H and O–H groups in total. The van der Waals surface area contributed by atoms with Gasteiger partial charge in [0.05, 0.1) is 6.33 Å². The van der Waals surface area contributed by atoms with E-state index in [1.165, 1.54) is 6.33 Å². The molecule has 2 heterocycles. The quantitative estimate of drug-likeness (QED) is 0.755. The van der Waals surface area contributed by atoms with Crippen LogP contribution in [0.4, 0.5) is 5.82 Å². The van der Waals surface area contributed by atoms with Crippen LogP contribution in [0.15, 0.2) is 24.8 Å². The average Bonchev–Trinajstić information content (AvgIpc) is 2.64. The van der Waals surface area contributed by atoms with Crippen LogP contribution in [0.3, 0.4) is 0 Å². The van der Waals surface area contributed by atoms with Crippen molar-refractivity contribution in [3.8, 4) is 0 Å². The van der Waals surface area contributed by atoms with Crippen molar-refractivity contribution in [3.05, 3.63) is 24.8 Å². The maximum Gasteiger partial charge on any atom is 0.165 e. The van der Waals surface area contributed by atoms with E-state index in [9.17, 15) is 0 Å². The predicted octanol–water partition coefficient (Wildman–Crippen LogP) is 0.345. The van der Waals surface area contributed by atoms with Gasteiger partial charge in [-0.05, 0) is 0 Å². The first-order valence-corrected chi connectivity index (χ1v) is 4.59. The van der Waals surface area contributed by atoms with Gasteiger partial charge in [-0.25, -0.2) is 15.0 Å². The Kier molecular flexibility index (Phi) is 4.21. The molecular formula is C9H13ClN6. The molecular weight excluding hydrogens is 228 g/mol. The highest BCUT2D eigenvalue weighted by atomic mass is 35.5. The molecule has 0 saturated heterocycles. The molecule has 2 rings (SSSR count). The Bertz CT molecular complexity index is 492. The van der Waals surface area contributed by atoms with Crippen LogP contribution < -0.4 is 11.5 Å². The molecule has 0 saturated carbocycles. The van der Waals surface area contributed by atoms with Crippen LogP contribution in [-0.4, -0.2) is 26.1 Å². The van der Waals surface area contributed by atoms with Crippen LogP contribution in [0.2, 0.25) is 0 Å². The molecule has 0 fully saturated rings. The number of nitrogens with zero attached hydrogens (tertiary/aromatic N) is 4. The second-order valence-corrected chi connectivity index (χ2v) is 3.04. The molecule has 16 heavy (non-hydrogen) atoms. The van der Waals surface area contributed by atoms with E-state index < -0.39 is 0 Å². The normalized spacial score (nSPS) is 10.8. The van der Waals surface area contributed by atoms with Gasteiger partial charge in [-0.2, -0.15) is 0 Å². The number of hydrogen-bond acceptors (Lipinski definition) is 5. The van der Waals surface area contributed by atoms with Gasteiger partial charge in [-0.15, -0.1) is 12.4 Å². The number of rotatable bonds is 3. The smallest absolute Gasteiger partial charge is 0.165 e. The Morgan fingerprint density at radius 1 is 1.25 bits per heavy atom. The second kappa shape index (κ2) is 5.43. The minimum absolute atomic E-state index is 0. The molecule has 0 bridgehead atoms. The maximum absolute atomic E-state index is 5.66. The Morgan fingerprint density at radius 3 is 2.81 bits per heavy atom. The number of halogens is 1. The summed E-state index contributed by atoms with van der Waals surface area (Å²) in [6, 6.07) is 0. The lowest BCUT2D eigenvalue weighted by molar-refractivity contribution is 0.834. The molecule has 86 valence electrons. The van der Waals surface area contributed by atoms with Gasteiger partial charge in [0, 0.05) is 13.1 Å². The van der Waals surface area contributed by atoms with Crippen LogP contribution in [0.25, 0.3) is 11.2 Å². The van der Waals surface area contributed by atoms with Crippen LogP contribution >= 0.6 is 12.4 Å². The zero-order valence-corrected chi connectivity index (χ0v) is 9.39. The van der Waals surface area contributed by atoms with Crippen molar-refractivity contribution < 1.29 is 0 Å². The molecule has 0 radical (unpaired) electrons. The fraction of sp³-hybridized carbons (Fsp3) is 0.222. The van der Waals surface area contributed by atoms with Crippen molar-refractivity contribution in [2.75, 3.05) is 12.3 Å². The van der Waals surface area contributed by atoms with Gasteiger partial charge >= 0.3 is 0 Å². The van der Waals surface area contributed by atoms with Gasteiger partial charge in [0.25, 0.3) is 0 Å². The van der Waals surface area contributed by atoms with Crippen molar-refractivity contribution in [1.29, 1.82) is 0 Å². The number of aromatic nitrogens is 4. The van der Waals surface area contributed by atoms with Gasteiger partial charge in [-0.3, -0.25) is 0 Å². The number of anilines is 1. The minimum Gasteiger partial charge on any atom is -0.382 e. The molecule has 0 aliphatic rings. The van der Waals surface area contributed by atoms with Crippen LogP contribution in [0.5, 0.6) is 0 Å². The fourth-order valence-electron chi connectivity index (χ4n) is 1.32. The highest BCUT2D eigenvalue weighted by Gasteiger charge is 2.05. The standard InChI is InChI=1S/C9H12N6.ClH/c10-3-1-2-4-15-6-14-7-8(11)12-5-13-9(7)15;/h1-2,5-6H,3-4,10H2,(H2,11,12,13);1H/b2-1-;. The Labute approximate surface area is 98.8 Å². The minimum atomic E-state index is 0. The molecule has 0 spiro atoms. The average molecular weight is 241 g/mol. The lowest BCUT2D eigenvalue weighted by Crippen LogP contribution is -1.98. The number of fused-ring (bicyclic) bond motifs is 1. The van der Waals surface area contributed by atoms with E-state index in [0.29, 0.717) is 24.4 Å². The van der Waals surface area contributed by atoms with Crippen molar-refractivity contribution in [1.82, 2.24) is 19.5 Å². The third kappa shape index (κ3) is 2.29. The summed E-state index contributed by atoms with van der Waals surface area (Å²) < 4.78 is 1.89. The summed E-state index contributed by atoms with van der Waals surface area (Å²) in [6.07, 6.45) is 6.97. The zero-order chi connectivity index (χ0) is 10.7. The number of nitrogens with two attached hydrogens (primary N) is 2. The van der Waals surface area contributed by atoms with Crippen LogP contribution in [0, 0.1) is 0 Å². The van der Waals surface area contributed by atoms with Crippen molar-refractivity contribution in [2.45, 2.75) is 6.54 Å². The van der Waals surface area contributed by atoms with Gasteiger partial charge < -0.3 is 16.0 Å². The molecule has 2 aromatic heterocycles. The summed E-state index contributed by atoms with van der Waals surface area (Å²) in [5, 5.41) is 0. The number of imidazole rings is 1. The van der Waals surface area contributed by atoms with Gasteiger partial charge in [0.15, 0.2) is 11.5 Å². The first kappa shape index (κ1) is 12.4. The summed E-state index contributed by atoms with van der Waals surface area (Å²) >= 11 is 0. The predicted molar refractivity (Wildman–Crippen MR) is 65.2 cm³/mol. The third-order valence-electron chi connectivity index (χ3n) is 2.03. The summed E-state index contributed by atoms with van der Waals surface area (Å²) in [4.78, 5) is 12.1. The molecule has 0 aromatic carbocycles. The monoisotopic (exact) mass is 240 g/mol. The zero-order valence-electron chi connectivity index (χ0n) is 8.58. The van der Waals surface area contributed by atoms with E-state index in [4.69, 9.17) is 11.5 Å². The molecule has 6 nitrogen and oxygen atoms in total. The van der Waals surface area contributed by atoms with Crippen LogP contribution in [-0.2, 0) is 6.54 Å². The highest BCUT2D eigenvalue weighted by molar-refractivity contribution is 5.85. The third-order valence-corrected chi connectivity index (χ3v) is 2.03. The number of hydrogen-bond donors (Lipinski definition) is 2. The van der Waals surface area contributed by atoms with E-state index in [-0.39, 0.29) is 12.4 Å². The van der Waals surface area contributed by atoms with Crippen molar-refractivity contribution in [2.24, 2.45) is 5.73 Å². The summed E-state index contributed by atoms with van der Waals surface area (Å²) in [5.41, 5.74) is 12.4. The highest BCUT2D eigenvalue weighted by Crippen LogP contribution is 2.13. The van der Waals surface area contributed by atoms with E-state index >= 15 is 0 Å². The van der Waals surface area contributed by atoms with Crippen LogP contribution in [0.1, 0.15) is 0 Å². The first-order chi connectivity index (χ1) is 7.33. The number of nitrogen functional groups attached to an aromatic ring is 1. The number of allylic oxidation sites excluding steroid dienone is 1. The molecule has 0 aliphatic heterocycles. The Morgan fingerprint density at radius 2 is 2.06 bits per heavy atom.